The number of fused-ring (bicyclic) bond motifs is 1. The second kappa shape index (κ2) is 8.80. The van der Waals surface area contributed by atoms with E-state index in [1.165, 1.54) is 35.3 Å². The molecule has 2 aliphatic rings. The minimum Gasteiger partial charge on any atom is -0.343 e. The van der Waals surface area contributed by atoms with Crippen LogP contribution < -0.4 is 16.0 Å². The molecule has 31 heavy (non-hydrogen) atoms. The van der Waals surface area contributed by atoms with Gasteiger partial charge in [-0.05, 0) is 49.3 Å². The predicted octanol–water partition coefficient (Wildman–Crippen LogP) is 3.91. The van der Waals surface area contributed by atoms with Crippen LogP contribution in [0.4, 0.5) is 10.8 Å². The first-order valence-electron chi connectivity index (χ1n) is 11.0. The first-order chi connectivity index (χ1) is 15.2. The largest absolute Gasteiger partial charge is 0.343 e. The summed E-state index contributed by atoms with van der Waals surface area (Å²) in [7, 11) is 0. The van der Waals surface area contributed by atoms with E-state index >= 15 is 0 Å². The van der Waals surface area contributed by atoms with E-state index in [4.69, 9.17) is 5.73 Å². The second-order valence-corrected chi connectivity index (χ2v) is 9.39. The fourth-order valence-electron chi connectivity index (χ4n) is 4.84. The lowest BCUT2D eigenvalue weighted by Crippen LogP contribution is -2.30. The Labute approximate surface area is 186 Å². The molecule has 7 nitrogen and oxygen atoms in total. The van der Waals surface area contributed by atoms with E-state index in [0.717, 1.165) is 55.4 Å². The van der Waals surface area contributed by atoms with Crippen LogP contribution >= 0.6 is 11.3 Å². The van der Waals surface area contributed by atoms with Crippen molar-refractivity contribution in [2.75, 3.05) is 23.3 Å². The maximum Gasteiger partial charge on any atom is 0.275 e. The normalized spacial score (nSPS) is 21.0. The highest BCUT2D eigenvalue weighted by molar-refractivity contribution is 7.13. The van der Waals surface area contributed by atoms with Crippen LogP contribution in [0.2, 0.25) is 0 Å². The van der Waals surface area contributed by atoms with E-state index in [0.29, 0.717) is 17.5 Å². The number of aromatic amines is 1. The van der Waals surface area contributed by atoms with Gasteiger partial charge >= 0.3 is 0 Å². The summed E-state index contributed by atoms with van der Waals surface area (Å²) >= 11 is 1.52. The zero-order valence-corrected chi connectivity index (χ0v) is 18.3. The van der Waals surface area contributed by atoms with Gasteiger partial charge in [0.05, 0.1) is 5.69 Å². The van der Waals surface area contributed by atoms with Gasteiger partial charge in [-0.1, -0.05) is 24.6 Å². The minimum absolute atomic E-state index is 0.151. The average Bonchev–Trinajstić information content (AvgIpc) is 3.49. The number of hydrogen-bond acceptors (Lipinski definition) is 6. The number of carbonyl (C=O) groups excluding carboxylic acids is 1. The average molecular weight is 437 g/mol. The van der Waals surface area contributed by atoms with Crippen molar-refractivity contribution in [3.63, 3.8) is 0 Å². The van der Waals surface area contributed by atoms with Gasteiger partial charge in [-0.25, -0.2) is 4.98 Å². The molecule has 1 amide bonds. The summed E-state index contributed by atoms with van der Waals surface area (Å²) in [6.45, 7) is 2.37. The summed E-state index contributed by atoms with van der Waals surface area (Å²) in [4.78, 5) is 19.9. The van der Waals surface area contributed by atoms with Crippen LogP contribution in [0.25, 0.3) is 0 Å². The lowest BCUT2D eigenvalue weighted by atomic mass is 9.77. The van der Waals surface area contributed by atoms with Crippen molar-refractivity contribution in [2.24, 2.45) is 11.7 Å². The summed E-state index contributed by atoms with van der Waals surface area (Å²) < 4.78 is 0. The number of para-hydroxylation sites is 1. The number of aromatic nitrogens is 3. The molecule has 1 aliphatic heterocycles. The summed E-state index contributed by atoms with van der Waals surface area (Å²) in [5.74, 6) is 0.869. The highest BCUT2D eigenvalue weighted by Gasteiger charge is 2.25. The number of nitrogens with zero attached hydrogens (tertiary/aromatic N) is 3. The van der Waals surface area contributed by atoms with Crippen molar-refractivity contribution >= 4 is 28.1 Å². The Morgan fingerprint density at radius 3 is 3.13 bits per heavy atom. The quantitative estimate of drug-likeness (QED) is 0.563. The van der Waals surface area contributed by atoms with Crippen molar-refractivity contribution in [1.29, 1.82) is 0 Å². The van der Waals surface area contributed by atoms with E-state index in [1.807, 2.05) is 23.7 Å². The standard InChI is InChI=1S/C23H28N6OS/c24-11-15-4-3-5-16(10-15)18-6-1-2-7-20(18)26-22(30)21-14-31-23(27-21)29-9-8-19-17(13-29)12-25-28-19/h1-2,6-7,12,14-16H,3-5,8-11,13,24H2,(H,25,28)(H,26,30). The smallest absolute Gasteiger partial charge is 0.275 e. The van der Waals surface area contributed by atoms with Crippen molar-refractivity contribution in [2.45, 2.75) is 44.6 Å². The number of amides is 1. The number of benzene rings is 1. The lowest BCUT2D eigenvalue weighted by molar-refractivity contribution is 0.102. The molecule has 0 saturated heterocycles. The Bertz CT molecular complexity index is 1060. The molecule has 1 fully saturated rings. The molecule has 0 spiro atoms. The highest BCUT2D eigenvalue weighted by atomic mass is 32.1. The van der Waals surface area contributed by atoms with Crippen molar-refractivity contribution in [1.82, 2.24) is 15.2 Å². The van der Waals surface area contributed by atoms with Crippen LogP contribution in [0, 0.1) is 5.92 Å². The van der Waals surface area contributed by atoms with Gasteiger partial charge in [0, 0.05) is 42.3 Å². The van der Waals surface area contributed by atoms with Gasteiger partial charge < -0.3 is 16.0 Å². The molecule has 0 bridgehead atoms. The Morgan fingerprint density at radius 1 is 1.32 bits per heavy atom. The number of H-pyrrole nitrogens is 1. The molecule has 1 saturated carbocycles. The number of anilines is 2. The molecule has 3 aromatic rings. The van der Waals surface area contributed by atoms with Gasteiger partial charge in [0.1, 0.15) is 5.69 Å². The number of rotatable bonds is 5. The maximum absolute atomic E-state index is 13.0. The fraction of sp³-hybridized carbons (Fsp3) is 0.435. The Morgan fingerprint density at radius 2 is 2.23 bits per heavy atom. The molecular weight excluding hydrogens is 408 g/mol. The van der Waals surface area contributed by atoms with Crippen molar-refractivity contribution in [3.05, 3.63) is 58.4 Å². The van der Waals surface area contributed by atoms with Crippen LogP contribution in [-0.4, -0.2) is 34.2 Å². The summed E-state index contributed by atoms with van der Waals surface area (Å²) in [5, 5.41) is 13.1. The van der Waals surface area contributed by atoms with E-state index in [2.05, 4.69) is 37.5 Å². The molecular formula is C23H28N6OS. The van der Waals surface area contributed by atoms with Gasteiger partial charge in [-0.15, -0.1) is 11.3 Å². The fourth-order valence-corrected chi connectivity index (χ4v) is 5.67. The molecule has 3 heterocycles. The summed E-state index contributed by atoms with van der Waals surface area (Å²) in [6.07, 6.45) is 7.47. The maximum atomic E-state index is 13.0. The molecule has 4 N–H and O–H groups in total. The molecule has 2 unspecified atom stereocenters. The molecule has 5 rings (SSSR count). The summed E-state index contributed by atoms with van der Waals surface area (Å²) in [6, 6.07) is 8.17. The van der Waals surface area contributed by atoms with Crippen molar-refractivity contribution < 1.29 is 4.79 Å². The van der Waals surface area contributed by atoms with Crippen molar-refractivity contribution in [3.8, 4) is 0 Å². The Hall–Kier alpha value is -2.71. The summed E-state index contributed by atoms with van der Waals surface area (Å²) in [5.41, 5.74) is 10.8. The monoisotopic (exact) mass is 436 g/mol. The Kier molecular flexibility index (Phi) is 5.74. The van der Waals surface area contributed by atoms with Crippen LogP contribution in [0.5, 0.6) is 0 Å². The number of nitrogens with two attached hydrogens (primary N) is 1. The van der Waals surface area contributed by atoms with E-state index in [9.17, 15) is 4.79 Å². The number of thiazole rings is 1. The molecule has 1 aromatic carbocycles. The zero-order chi connectivity index (χ0) is 21.2. The van der Waals surface area contributed by atoms with Gasteiger partial charge in [0.15, 0.2) is 5.13 Å². The topological polar surface area (TPSA) is 99.9 Å². The Balaban J connectivity index is 1.29. The van der Waals surface area contributed by atoms with Crippen LogP contribution in [-0.2, 0) is 13.0 Å². The molecule has 2 aromatic heterocycles. The third kappa shape index (κ3) is 4.22. The van der Waals surface area contributed by atoms with Crippen LogP contribution in [0.3, 0.4) is 0 Å². The van der Waals surface area contributed by atoms with Crippen LogP contribution in [0.15, 0.2) is 35.8 Å². The van der Waals surface area contributed by atoms with E-state index < -0.39 is 0 Å². The van der Waals surface area contributed by atoms with Gasteiger partial charge in [0.25, 0.3) is 5.91 Å². The van der Waals surface area contributed by atoms with Gasteiger partial charge in [0.2, 0.25) is 0 Å². The second-order valence-electron chi connectivity index (χ2n) is 8.55. The van der Waals surface area contributed by atoms with E-state index in [-0.39, 0.29) is 5.91 Å². The molecule has 0 radical (unpaired) electrons. The number of hydrogen-bond donors (Lipinski definition) is 3. The van der Waals surface area contributed by atoms with Gasteiger partial charge in [-0.2, -0.15) is 5.10 Å². The lowest BCUT2D eigenvalue weighted by Gasteiger charge is -2.29. The number of nitrogens with one attached hydrogen (secondary N) is 2. The molecule has 1 aliphatic carbocycles. The third-order valence-corrected chi connectivity index (χ3v) is 7.45. The zero-order valence-electron chi connectivity index (χ0n) is 17.5. The van der Waals surface area contributed by atoms with E-state index in [1.54, 1.807) is 0 Å². The molecule has 2 atom stereocenters. The minimum atomic E-state index is -0.151. The highest BCUT2D eigenvalue weighted by Crippen LogP contribution is 2.39. The first-order valence-corrected chi connectivity index (χ1v) is 11.9. The number of carbonyl (C=O) groups is 1. The van der Waals surface area contributed by atoms with Crippen LogP contribution in [0.1, 0.15) is 58.9 Å². The van der Waals surface area contributed by atoms with Gasteiger partial charge in [-0.3, -0.25) is 9.89 Å². The molecule has 162 valence electrons. The molecule has 8 heteroatoms. The predicted molar refractivity (Wildman–Crippen MR) is 124 cm³/mol. The SMILES string of the molecule is NCC1CCCC(c2ccccc2NC(=O)c2csc(N3CCc4n[nH]cc4C3)n2)C1. The third-order valence-electron chi connectivity index (χ3n) is 6.55. The first kappa shape index (κ1) is 20.2.